The van der Waals surface area contributed by atoms with E-state index in [4.69, 9.17) is 4.74 Å². The van der Waals surface area contributed by atoms with Crippen molar-refractivity contribution in [2.75, 3.05) is 20.7 Å². The summed E-state index contributed by atoms with van der Waals surface area (Å²) in [5.74, 6) is 0. The van der Waals surface area contributed by atoms with Gasteiger partial charge in [-0.25, -0.2) is 0 Å². The van der Waals surface area contributed by atoms with E-state index in [9.17, 15) is 0 Å². The van der Waals surface area contributed by atoms with Crippen molar-refractivity contribution < 1.29 is 4.74 Å². The first-order valence-electron chi connectivity index (χ1n) is 6.02. The van der Waals surface area contributed by atoms with E-state index < -0.39 is 0 Å². The van der Waals surface area contributed by atoms with E-state index in [1.54, 1.807) is 0 Å². The van der Waals surface area contributed by atoms with Gasteiger partial charge < -0.3 is 9.64 Å². The zero-order valence-electron chi connectivity index (χ0n) is 10.3. The highest BCUT2D eigenvalue weighted by molar-refractivity contribution is 5.13. The van der Waals surface area contributed by atoms with E-state index in [1.807, 2.05) is 6.07 Å². The first kappa shape index (κ1) is 11.6. The van der Waals surface area contributed by atoms with Crippen LogP contribution in [0.2, 0.25) is 0 Å². The summed E-state index contributed by atoms with van der Waals surface area (Å²) in [5.41, 5.74) is 1.72. The molecule has 0 saturated heterocycles. The lowest BCUT2D eigenvalue weighted by molar-refractivity contribution is 0.0934. The van der Waals surface area contributed by atoms with Crippen LogP contribution in [0.5, 0.6) is 0 Å². The third-order valence-corrected chi connectivity index (χ3v) is 3.60. The fraction of sp³-hybridized carbons (Fsp3) is 0.571. The Morgan fingerprint density at radius 2 is 1.88 bits per heavy atom. The van der Waals surface area contributed by atoms with Crippen LogP contribution in [0.15, 0.2) is 30.3 Å². The molecule has 0 bridgehead atoms. The summed E-state index contributed by atoms with van der Waals surface area (Å²) in [7, 11) is 4.34. The summed E-state index contributed by atoms with van der Waals surface area (Å²) >= 11 is 0. The van der Waals surface area contributed by atoms with E-state index in [0.717, 1.165) is 19.6 Å². The van der Waals surface area contributed by atoms with Crippen LogP contribution in [-0.4, -0.2) is 31.1 Å². The standard InChI is InChI=1S/C14H21NO/c1-15(2)14(8-9-14)10-11-16-12-13-6-4-3-5-7-13/h3-7H,8-12H2,1-2H3. The molecule has 88 valence electrons. The second-order valence-electron chi connectivity index (χ2n) is 4.91. The Morgan fingerprint density at radius 3 is 2.44 bits per heavy atom. The van der Waals surface area contributed by atoms with Gasteiger partial charge in [-0.1, -0.05) is 30.3 Å². The molecule has 2 rings (SSSR count). The maximum atomic E-state index is 5.72. The van der Waals surface area contributed by atoms with E-state index in [-0.39, 0.29) is 0 Å². The van der Waals surface area contributed by atoms with Gasteiger partial charge in [-0.15, -0.1) is 0 Å². The molecule has 0 aromatic heterocycles. The molecule has 0 atom stereocenters. The predicted octanol–water partition coefficient (Wildman–Crippen LogP) is 2.69. The Balaban J connectivity index is 1.66. The van der Waals surface area contributed by atoms with Crippen LogP contribution >= 0.6 is 0 Å². The van der Waals surface area contributed by atoms with Crippen molar-refractivity contribution in [2.24, 2.45) is 0 Å². The Kier molecular flexibility index (Phi) is 3.62. The first-order chi connectivity index (χ1) is 7.73. The lowest BCUT2D eigenvalue weighted by Crippen LogP contribution is -2.31. The molecule has 0 amide bonds. The molecule has 2 heteroatoms. The highest BCUT2D eigenvalue weighted by Gasteiger charge is 2.43. The minimum Gasteiger partial charge on any atom is -0.377 e. The van der Waals surface area contributed by atoms with Crippen LogP contribution in [0.1, 0.15) is 24.8 Å². The zero-order valence-corrected chi connectivity index (χ0v) is 10.3. The van der Waals surface area contributed by atoms with E-state index in [0.29, 0.717) is 5.54 Å². The summed E-state index contributed by atoms with van der Waals surface area (Å²) < 4.78 is 5.72. The van der Waals surface area contributed by atoms with Crippen LogP contribution in [0, 0.1) is 0 Å². The lowest BCUT2D eigenvalue weighted by atomic mass is 10.2. The third kappa shape index (κ3) is 2.83. The summed E-state index contributed by atoms with van der Waals surface area (Å²) in [6.07, 6.45) is 3.82. The van der Waals surface area contributed by atoms with Crippen molar-refractivity contribution in [3.05, 3.63) is 35.9 Å². The molecule has 0 heterocycles. The number of rotatable bonds is 6. The summed E-state index contributed by atoms with van der Waals surface area (Å²) in [6.45, 7) is 1.61. The van der Waals surface area contributed by atoms with Crippen LogP contribution in [-0.2, 0) is 11.3 Å². The molecule has 0 spiro atoms. The van der Waals surface area contributed by atoms with Gasteiger partial charge in [-0.3, -0.25) is 0 Å². The maximum absolute atomic E-state index is 5.72. The molecule has 16 heavy (non-hydrogen) atoms. The fourth-order valence-corrected chi connectivity index (χ4v) is 2.09. The normalized spacial score (nSPS) is 17.7. The molecular formula is C14H21NO. The topological polar surface area (TPSA) is 12.5 Å². The Morgan fingerprint density at radius 1 is 1.19 bits per heavy atom. The smallest absolute Gasteiger partial charge is 0.0716 e. The molecule has 0 aliphatic heterocycles. The Hall–Kier alpha value is -0.860. The number of hydrogen-bond acceptors (Lipinski definition) is 2. The molecule has 1 saturated carbocycles. The van der Waals surface area contributed by atoms with E-state index in [1.165, 1.54) is 18.4 Å². The van der Waals surface area contributed by atoms with E-state index in [2.05, 4.69) is 43.3 Å². The molecule has 1 aliphatic carbocycles. The molecular weight excluding hydrogens is 198 g/mol. The first-order valence-corrected chi connectivity index (χ1v) is 6.02. The van der Waals surface area contributed by atoms with Gasteiger partial charge in [-0.05, 0) is 38.9 Å². The van der Waals surface area contributed by atoms with Gasteiger partial charge in [0.25, 0.3) is 0 Å². The van der Waals surface area contributed by atoms with Crippen molar-refractivity contribution in [3.63, 3.8) is 0 Å². The minimum atomic E-state index is 0.455. The van der Waals surface area contributed by atoms with E-state index >= 15 is 0 Å². The van der Waals surface area contributed by atoms with Crippen LogP contribution in [0.4, 0.5) is 0 Å². The molecule has 1 aromatic rings. The van der Waals surface area contributed by atoms with Crippen LogP contribution in [0.25, 0.3) is 0 Å². The van der Waals surface area contributed by atoms with Crippen molar-refractivity contribution in [1.82, 2.24) is 4.90 Å². The maximum Gasteiger partial charge on any atom is 0.0716 e. The van der Waals surface area contributed by atoms with Gasteiger partial charge in [0.05, 0.1) is 6.61 Å². The largest absolute Gasteiger partial charge is 0.377 e. The third-order valence-electron chi connectivity index (χ3n) is 3.60. The molecule has 1 fully saturated rings. The lowest BCUT2D eigenvalue weighted by Gasteiger charge is -2.23. The van der Waals surface area contributed by atoms with Gasteiger partial charge in [-0.2, -0.15) is 0 Å². The van der Waals surface area contributed by atoms with Crippen molar-refractivity contribution in [1.29, 1.82) is 0 Å². The van der Waals surface area contributed by atoms with Gasteiger partial charge in [0, 0.05) is 12.1 Å². The average molecular weight is 219 g/mol. The number of ether oxygens (including phenoxy) is 1. The molecule has 0 unspecified atom stereocenters. The number of nitrogens with zero attached hydrogens (tertiary/aromatic N) is 1. The van der Waals surface area contributed by atoms with Gasteiger partial charge >= 0.3 is 0 Å². The summed E-state index contributed by atoms with van der Waals surface area (Å²) in [4.78, 5) is 2.35. The molecule has 2 nitrogen and oxygen atoms in total. The predicted molar refractivity (Wildman–Crippen MR) is 66.4 cm³/mol. The number of hydrogen-bond donors (Lipinski definition) is 0. The van der Waals surface area contributed by atoms with Crippen molar-refractivity contribution in [3.8, 4) is 0 Å². The van der Waals surface area contributed by atoms with Gasteiger partial charge in [0.15, 0.2) is 0 Å². The second kappa shape index (κ2) is 4.98. The second-order valence-corrected chi connectivity index (χ2v) is 4.91. The number of benzene rings is 1. The minimum absolute atomic E-state index is 0.455. The monoisotopic (exact) mass is 219 g/mol. The molecule has 1 aliphatic rings. The highest BCUT2D eigenvalue weighted by Crippen LogP contribution is 2.42. The zero-order chi connectivity index (χ0) is 11.4. The van der Waals surface area contributed by atoms with Crippen molar-refractivity contribution in [2.45, 2.75) is 31.4 Å². The average Bonchev–Trinajstić information content (AvgIpc) is 3.07. The van der Waals surface area contributed by atoms with Gasteiger partial charge in [0.2, 0.25) is 0 Å². The Labute approximate surface area is 98.2 Å². The van der Waals surface area contributed by atoms with Crippen LogP contribution < -0.4 is 0 Å². The quantitative estimate of drug-likeness (QED) is 0.682. The summed E-state index contributed by atoms with van der Waals surface area (Å²) in [6, 6.07) is 10.4. The SMILES string of the molecule is CN(C)C1(CCOCc2ccccc2)CC1. The molecule has 0 N–H and O–H groups in total. The Bertz CT molecular complexity index is 317. The summed E-state index contributed by atoms with van der Waals surface area (Å²) in [5, 5.41) is 0. The van der Waals surface area contributed by atoms with Gasteiger partial charge in [0.1, 0.15) is 0 Å². The van der Waals surface area contributed by atoms with Crippen LogP contribution in [0.3, 0.4) is 0 Å². The highest BCUT2D eigenvalue weighted by atomic mass is 16.5. The molecule has 0 radical (unpaired) electrons. The molecule has 1 aromatic carbocycles. The van der Waals surface area contributed by atoms with Crippen molar-refractivity contribution >= 4 is 0 Å². The fourth-order valence-electron chi connectivity index (χ4n) is 2.09.